The van der Waals surface area contributed by atoms with Crippen LogP contribution < -0.4 is 10.6 Å². The van der Waals surface area contributed by atoms with Crippen LogP contribution in [0.15, 0.2) is 47.6 Å². The summed E-state index contributed by atoms with van der Waals surface area (Å²) < 4.78 is 1.79. The summed E-state index contributed by atoms with van der Waals surface area (Å²) >= 11 is 0. The SMILES string of the molecule is C/C=C(\N=CCC)c1ccnc(Nc2cc(C)c3[nH]c(C(=O)NCc4cc(C)n(C)n4)cc3c2)n1. The molecule has 3 aromatic heterocycles. The number of anilines is 2. The Morgan fingerprint density at radius 1 is 1.23 bits per heavy atom. The van der Waals surface area contributed by atoms with Crippen molar-refractivity contribution in [2.75, 3.05) is 5.32 Å². The highest BCUT2D eigenvalue weighted by molar-refractivity contribution is 5.99. The molecule has 9 nitrogen and oxygen atoms in total. The second-order valence-electron chi connectivity index (χ2n) is 8.31. The van der Waals surface area contributed by atoms with Crippen LogP contribution in [-0.2, 0) is 13.6 Å². The Hall–Kier alpha value is -4.27. The minimum atomic E-state index is -0.180. The third kappa shape index (κ3) is 5.46. The van der Waals surface area contributed by atoms with Crippen LogP contribution in [0.25, 0.3) is 16.6 Å². The van der Waals surface area contributed by atoms with Gasteiger partial charge in [-0.2, -0.15) is 5.10 Å². The predicted octanol–water partition coefficient (Wildman–Crippen LogP) is 4.82. The molecule has 0 fully saturated rings. The zero-order chi connectivity index (χ0) is 24.9. The second kappa shape index (κ2) is 10.3. The van der Waals surface area contributed by atoms with Crippen LogP contribution in [0.4, 0.5) is 11.6 Å². The van der Waals surface area contributed by atoms with Crippen molar-refractivity contribution in [3.8, 4) is 0 Å². The molecule has 0 spiro atoms. The number of aromatic amines is 1. The van der Waals surface area contributed by atoms with Gasteiger partial charge < -0.3 is 15.6 Å². The first-order valence-corrected chi connectivity index (χ1v) is 11.6. The van der Waals surface area contributed by atoms with Gasteiger partial charge >= 0.3 is 0 Å². The molecule has 0 unspecified atom stereocenters. The number of aliphatic imine (C=N–C) groups is 1. The quantitative estimate of drug-likeness (QED) is 0.320. The van der Waals surface area contributed by atoms with Gasteiger partial charge in [-0.25, -0.2) is 9.97 Å². The molecule has 180 valence electrons. The van der Waals surface area contributed by atoms with Gasteiger partial charge in [0.25, 0.3) is 5.91 Å². The lowest BCUT2D eigenvalue weighted by Crippen LogP contribution is -2.23. The van der Waals surface area contributed by atoms with Gasteiger partial charge in [0.05, 0.1) is 23.6 Å². The zero-order valence-corrected chi connectivity index (χ0v) is 20.7. The predicted molar refractivity (Wildman–Crippen MR) is 140 cm³/mol. The van der Waals surface area contributed by atoms with Crippen molar-refractivity contribution < 1.29 is 4.79 Å². The number of nitrogens with one attached hydrogen (secondary N) is 3. The summed E-state index contributed by atoms with van der Waals surface area (Å²) in [5.74, 6) is 0.299. The van der Waals surface area contributed by atoms with Crippen LogP contribution in [0.5, 0.6) is 0 Å². The monoisotopic (exact) mass is 470 g/mol. The summed E-state index contributed by atoms with van der Waals surface area (Å²) in [6.45, 7) is 8.32. The van der Waals surface area contributed by atoms with E-state index >= 15 is 0 Å². The molecular formula is C26H30N8O. The molecule has 9 heteroatoms. The summed E-state index contributed by atoms with van der Waals surface area (Å²) in [5, 5.41) is 11.5. The fraction of sp³-hybridized carbons (Fsp3) is 0.269. The number of allylic oxidation sites excluding steroid dienone is 1. The third-order valence-corrected chi connectivity index (χ3v) is 5.63. The first-order chi connectivity index (χ1) is 16.9. The van der Waals surface area contributed by atoms with Gasteiger partial charge in [-0.15, -0.1) is 0 Å². The fourth-order valence-corrected chi connectivity index (χ4v) is 3.78. The molecule has 0 saturated carbocycles. The number of rotatable bonds is 8. The summed E-state index contributed by atoms with van der Waals surface area (Å²) in [5.41, 5.74) is 6.65. The summed E-state index contributed by atoms with van der Waals surface area (Å²) in [6, 6.07) is 9.62. The number of nitrogens with zero attached hydrogens (tertiary/aromatic N) is 5. The van der Waals surface area contributed by atoms with Gasteiger partial charge in [-0.1, -0.05) is 13.0 Å². The Morgan fingerprint density at radius 3 is 2.77 bits per heavy atom. The van der Waals surface area contributed by atoms with Crippen LogP contribution in [0.1, 0.15) is 53.4 Å². The van der Waals surface area contributed by atoms with E-state index in [-0.39, 0.29) is 5.91 Å². The number of benzene rings is 1. The molecule has 0 atom stereocenters. The minimum absolute atomic E-state index is 0.180. The number of aryl methyl sites for hydroxylation is 3. The highest BCUT2D eigenvalue weighted by Gasteiger charge is 2.13. The maximum Gasteiger partial charge on any atom is 0.268 e. The van der Waals surface area contributed by atoms with E-state index in [2.05, 4.69) is 35.7 Å². The molecule has 1 amide bonds. The lowest BCUT2D eigenvalue weighted by Gasteiger charge is -2.08. The number of hydrogen-bond acceptors (Lipinski definition) is 6. The molecule has 0 bridgehead atoms. The summed E-state index contributed by atoms with van der Waals surface area (Å²) in [7, 11) is 1.88. The Labute approximate surface area is 204 Å². The van der Waals surface area contributed by atoms with Crippen molar-refractivity contribution >= 4 is 40.4 Å². The Morgan fingerprint density at radius 2 is 2.06 bits per heavy atom. The van der Waals surface area contributed by atoms with Crippen molar-refractivity contribution in [2.24, 2.45) is 12.0 Å². The molecule has 0 aliphatic rings. The molecule has 0 saturated heterocycles. The second-order valence-corrected chi connectivity index (χ2v) is 8.31. The summed E-state index contributed by atoms with van der Waals surface area (Å²) in [4.78, 5) is 29.4. The first kappa shape index (κ1) is 23.9. The van der Waals surface area contributed by atoms with Crippen LogP contribution in [0.2, 0.25) is 0 Å². The van der Waals surface area contributed by atoms with Crippen molar-refractivity contribution in [3.63, 3.8) is 0 Å². The van der Waals surface area contributed by atoms with E-state index in [4.69, 9.17) is 0 Å². The van der Waals surface area contributed by atoms with Crippen LogP contribution in [-0.4, -0.2) is 36.9 Å². The molecule has 0 aliphatic heterocycles. The Balaban J connectivity index is 1.52. The molecule has 3 N–H and O–H groups in total. The largest absolute Gasteiger partial charge is 0.350 e. The van der Waals surface area contributed by atoms with E-state index in [1.807, 2.05) is 77.4 Å². The number of carbonyl (C=O) groups excluding carboxylic acids is 1. The maximum atomic E-state index is 12.7. The molecule has 35 heavy (non-hydrogen) atoms. The highest BCUT2D eigenvalue weighted by atomic mass is 16.1. The fourth-order valence-electron chi connectivity index (χ4n) is 3.78. The molecule has 0 aliphatic carbocycles. The minimum Gasteiger partial charge on any atom is -0.350 e. The van der Waals surface area contributed by atoms with Gasteiger partial charge in [-0.3, -0.25) is 14.5 Å². The molecule has 4 rings (SSSR count). The number of carbonyl (C=O) groups is 1. The normalized spacial score (nSPS) is 12.0. The number of fused-ring (bicyclic) bond motifs is 1. The summed E-state index contributed by atoms with van der Waals surface area (Å²) in [6.07, 6.45) is 6.35. The van der Waals surface area contributed by atoms with Gasteiger partial charge in [-0.05, 0) is 63.1 Å². The van der Waals surface area contributed by atoms with Gasteiger partial charge in [0, 0.05) is 41.7 Å². The van der Waals surface area contributed by atoms with Crippen molar-refractivity contribution in [1.82, 2.24) is 30.0 Å². The van der Waals surface area contributed by atoms with Gasteiger partial charge in [0.15, 0.2) is 0 Å². The lowest BCUT2D eigenvalue weighted by atomic mass is 10.1. The third-order valence-electron chi connectivity index (χ3n) is 5.63. The van der Waals surface area contributed by atoms with Crippen LogP contribution in [0.3, 0.4) is 0 Å². The van der Waals surface area contributed by atoms with Crippen molar-refractivity contribution in [1.29, 1.82) is 0 Å². The van der Waals surface area contributed by atoms with Crippen molar-refractivity contribution in [3.05, 3.63) is 70.9 Å². The Kier molecular flexibility index (Phi) is 7.05. The maximum absolute atomic E-state index is 12.7. The van der Waals surface area contributed by atoms with Crippen molar-refractivity contribution in [2.45, 2.75) is 40.7 Å². The van der Waals surface area contributed by atoms with E-state index in [0.29, 0.717) is 18.2 Å². The Bertz CT molecular complexity index is 1410. The molecule has 1 aromatic carbocycles. The number of aromatic nitrogens is 5. The highest BCUT2D eigenvalue weighted by Crippen LogP contribution is 2.26. The van der Waals surface area contributed by atoms with E-state index in [1.165, 1.54) is 0 Å². The van der Waals surface area contributed by atoms with E-state index in [1.54, 1.807) is 10.9 Å². The standard InChI is InChI=1S/C26H30N8O/c1-6-9-27-21(7-2)22-8-10-28-26(32-22)30-19-11-16(3)24-18(13-19)14-23(31-24)25(35)29-15-20-12-17(4)34(5)33-20/h7-14,31H,6,15H2,1-5H3,(H,29,35)(H,28,30,32)/b21-7-,27-9?. The molecule has 4 aromatic rings. The zero-order valence-electron chi connectivity index (χ0n) is 20.7. The first-order valence-electron chi connectivity index (χ1n) is 11.6. The lowest BCUT2D eigenvalue weighted by molar-refractivity contribution is 0.0946. The van der Waals surface area contributed by atoms with Crippen LogP contribution in [0, 0.1) is 13.8 Å². The van der Waals surface area contributed by atoms with Gasteiger partial charge in [0.1, 0.15) is 5.69 Å². The smallest absolute Gasteiger partial charge is 0.268 e. The topological polar surface area (TPSA) is 113 Å². The number of H-pyrrole nitrogens is 1. The van der Waals surface area contributed by atoms with E-state index in [9.17, 15) is 4.79 Å². The number of amides is 1. The van der Waals surface area contributed by atoms with Gasteiger partial charge in [0.2, 0.25) is 5.95 Å². The van der Waals surface area contributed by atoms with Crippen LogP contribution >= 0.6 is 0 Å². The average molecular weight is 471 g/mol. The molecule has 0 radical (unpaired) electrons. The number of hydrogen-bond donors (Lipinski definition) is 3. The molecule has 3 heterocycles. The van der Waals surface area contributed by atoms with E-state index < -0.39 is 0 Å². The molecular weight excluding hydrogens is 440 g/mol. The average Bonchev–Trinajstić information content (AvgIpc) is 3.41. The van der Waals surface area contributed by atoms with E-state index in [0.717, 1.165) is 51.4 Å².